The van der Waals surface area contributed by atoms with Crippen molar-refractivity contribution in [2.24, 2.45) is 9.50 Å². The lowest BCUT2D eigenvalue weighted by Gasteiger charge is -2.22. The summed E-state index contributed by atoms with van der Waals surface area (Å²) in [4.78, 5) is 12.9. The lowest BCUT2D eigenvalue weighted by Crippen LogP contribution is -2.21. The second-order valence-electron chi connectivity index (χ2n) is 9.08. The van der Waals surface area contributed by atoms with E-state index in [2.05, 4.69) is 15.7 Å². The second kappa shape index (κ2) is 10.0. The highest BCUT2D eigenvalue weighted by molar-refractivity contribution is 7.91. The number of hydrogen-bond acceptors (Lipinski definition) is 5. The quantitative estimate of drug-likeness (QED) is 0.490. The molecule has 33 heavy (non-hydrogen) atoms. The Bertz CT molecular complexity index is 1180. The molecule has 2 rings (SSSR count). The number of hydrogen-bond donors (Lipinski definition) is 4. The molecule has 8 nitrogen and oxygen atoms in total. The Balaban J connectivity index is 2.53. The maximum absolute atomic E-state index is 13.1. The van der Waals surface area contributed by atoms with Crippen LogP contribution in [-0.2, 0) is 22.1 Å². The first kappa shape index (κ1) is 26.5. The average Bonchev–Trinajstić information content (AvgIpc) is 2.71. The van der Waals surface area contributed by atoms with Crippen LogP contribution in [0.25, 0.3) is 0 Å². The van der Waals surface area contributed by atoms with Crippen LogP contribution >= 0.6 is 0 Å². The Morgan fingerprint density at radius 1 is 1.18 bits per heavy atom. The van der Waals surface area contributed by atoms with Gasteiger partial charge in [-0.05, 0) is 72.2 Å². The van der Waals surface area contributed by atoms with Crippen molar-refractivity contribution in [2.75, 3.05) is 5.32 Å². The molecule has 2 aromatic carbocycles. The van der Waals surface area contributed by atoms with E-state index in [9.17, 15) is 24.5 Å². The highest BCUT2D eigenvalue weighted by atomic mass is 32.2. The number of nitriles is 1. The van der Waals surface area contributed by atoms with Crippen LogP contribution in [0.4, 0.5) is 10.5 Å². The molecule has 0 bridgehead atoms. The van der Waals surface area contributed by atoms with Gasteiger partial charge in [-0.15, -0.1) is 4.36 Å². The number of carbonyl (C=O) groups is 1. The zero-order valence-corrected chi connectivity index (χ0v) is 20.7. The largest absolute Gasteiger partial charge is 0.392 e. The van der Waals surface area contributed by atoms with Gasteiger partial charge in [0.25, 0.3) is 0 Å². The minimum absolute atomic E-state index is 0.00910. The summed E-state index contributed by atoms with van der Waals surface area (Å²) in [5, 5.41) is 38.0. The number of rotatable bonds is 6. The minimum Gasteiger partial charge on any atom is -0.392 e. The molecule has 0 aliphatic rings. The van der Waals surface area contributed by atoms with Crippen molar-refractivity contribution in [3.8, 4) is 6.07 Å². The molecule has 0 aliphatic carbocycles. The summed E-state index contributed by atoms with van der Waals surface area (Å²) in [6, 6.07) is 9.01. The summed E-state index contributed by atoms with van der Waals surface area (Å²) < 4.78 is 16.9. The Morgan fingerprint density at radius 3 is 2.15 bits per heavy atom. The van der Waals surface area contributed by atoms with E-state index < -0.39 is 28.2 Å². The predicted octanol–water partition coefficient (Wildman–Crippen LogP) is 4.46. The van der Waals surface area contributed by atoms with Gasteiger partial charge < -0.3 is 15.5 Å². The molecule has 9 heteroatoms. The number of urea groups is 1. The fourth-order valence-electron chi connectivity index (χ4n) is 3.59. The number of benzene rings is 2. The molecule has 0 aliphatic heterocycles. The third kappa shape index (κ3) is 6.18. The average molecular weight is 473 g/mol. The van der Waals surface area contributed by atoms with Crippen molar-refractivity contribution in [2.45, 2.75) is 70.5 Å². The van der Waals surface area contributed by atoms with E-state index in [1.807, 2.05) is 27.7 Å². The first-order valence-electron chi connectivity index (χ1n) is 10.6. The molecule has 2 amide bonds. The van der Waals surface area contributed by atoms with Crippen LogP contribution < -0.4 is 10.5 Å². The fourth-order valence-corrected chi connectivity index (χ4v) is 4.56. The molecule has 1 unspecified atom stereocenters. The normalized spacial score (nSPS) is 13.5. The lowest BCUT2D eigenvalue weighted by atomic mass is 9.90. The van der Waals surface area contributed by atoms with Crippen LogP contribution in [0.1, 0.15) is 81.2 Å². The molecule has 0 saturated carbocycles. The number of aliphatic hydroxyl groups is 2. The van der Waals surface area contributed by atoms with Crippen molar-refractivity contribution >= 4 is 21.6 Å². The van der Waals surface area contributed by atoms with Gasteiger partial charge in [0.05, 0.1) is 28.7 Å². The summed E-state index contributed by atoms with van der Waals surface area (Å²) in [6.45, 7) is 10.5. The summed E-state index contributed by atoms with van der Waals surface area (Å²) >= 11 is 0. The fraction of sp³-hybridized carbons (Fsp3) is 0.417. The van der Waals surface area contributed by atoms with E-state index in [-0.39, 0.29) is 16.7 Å². The molecular weight excluding hydrogens is 440 g/mol. The van der Waals surface area contributed by atoms with Crippen LogP contribution in [0.2, 0.25) is 0 Å². The number of carbonyl (C=O) groups excluding carboxylic acids is 1. The molecule has 0 heterocycles. The van der Waals surface area contributed by atoms with E-state index in [0.29, 0.717) is 22.4 Å². The van der Waals surface area contributed by atoms with Gasteiger partial charge in [0.2, 0.25) is 0 Å². The first-order valence-corrected chi connectivity index (χ1v) is 12.2. The summed E-state index contributed by atoms with van der Waals surface area (Å²) in [5.74, 6) is 0.0182. The molecular formula is C24H32N4O4S. The highest BCUT2D eigenvalue weighted by Gasteiger charge is 2.23. The number of nitrogens with zero attached hydrogens (tertiary/aromatic N) is 2. The Labute approximate surface area is 195 Å². The summed E-state index contributed by atoms with van der Waals surface area (Å²) in [7, 11) is -3.64. The van der Waals surface area contributed by atoms with E-state index >= 15 is 0 Å². The maximum Gasteiger partial charge on any atom is 0.354 e. The van der Waals surface area contributed by atoms with Crippen molar-refractivity contribution in [1.82, 2.24) is 0 Å². The highest BCUT2D eigenvalue weighted by Crippen LogP contribution is 2.34. The third-order valence-corrected chi connectivity index (χ3v) is 6.63. The summed E-state index contributed by atoms with van der Waals surface area (Å²) in [6.07, 6.45) is 0. The first-order chi connectivity index (χ1) is 15.2. The van der Waals surface area contributed by atoms with Crippen molar-refractivity contribution in [3.05, 3.63) is 58.1 Å². The number of nitrogens with one attached hydrogen (secondary N) is 1. The maximum atomic E-state index is 13.1. The molecule has 0 saturated heterocycles. The van der Waals surface area contributed by atoms with Crippen LogP contribution in [0.15, 0.2) is 39.6 Å². The van der Waals surface area contributed by atoms with Gasteiger partial charge in [-0.1, -0.05) is 33.8 Å². The smallest absolute Gasteiger partial charge is 0.354 e. The summed E-state index contributed by atoms with van der Waals surface area (Å²) in [5.41, 5.74) is 2.11. The van der Waals surface area contributed by atoms with Crippen LogP contribution in [0, 0.1) is 11.3 Å². The van der Waals surface area contributed by atoms with E-state index in [4.69, 9.17) is 5.14 Å². The number of aliphatic hydroxyl groups excluding tert-OH is 1. The topological polar surface area (TPSA) is 149 Å². The number of amides is 2. The van der Waals surface area contributed by atoms with Gasteiger partial charge in [-0.25, -0.2) is 14.1 Å². The predicted molar refractivity (Wildman–Crippen MR) is 129 cm³/mol. The number of nitrogens with two attached hydrogens (primary N) is 1. The molecule has 5 N–H and O–H groups in total. The Kier molecular flexibility index (Phi) is 8.04. The Hall–Kier alpha value is -2.77. The van der Waals surface area contributed by atoms with Crippen molar-refractivity contribution in [3.63, 3.8) is 0 Å². The molecule has 0 spiro atoms. The molecule has 0 fully saturated rings. The molecule has 0 aromatic heterocycles. The van der Waals surface area contributed by atoms with Gasteiger partial charge in [0, 0.05) is 5.69 Å². The monoisotopic (exact) mass is 472 g/mol. The van der Waals surface area contributed by atoms with Crippen molar-refractivity contribution < 1.29 is 19.2 Å². The van der Waals surface area contributed by atoms with Crippen LogP contribution in [0.3, 0.4) is 0 Å². The molecule has 178 valence electrons. The third-order valence-electron chi connectivity index (χ3n) is 5.27. The zero-order valence-electron chi connectivity index (χ0n) is 19.8. The van der Waals surface area contributed by atoms with Gasteiger partial charge >= 0.3 is 6.03 Å². The van der Waals surface area contributed by atoms with E-state index in [0.717, 1.165) is 11.1 Å². The minimum atomic E-state index is -3.64. The molecule has 0 radical (unpaired) electrons. The van der Waals surface area contributed by atoms with E-state index in [1.165, 1.54) is 18.2 Å². The van der Waals surface area contributed by atoms with Crippen molar-refractivity contribution in [1.29, 1.82) is 5.26 Å². The van der Waals surface area contributed by atoms with Gasteiger partial charge in [0.15, 0.2) is 0 Å². The van der Waals surface area contributed by atoms with Crippen LogP contribution in [0.5, 0.6) is 0 Å². The van der Waals surface area contributed by atoms with Gasteiger partial charge in [0.1, 0.15) is 9.92 Å². The lowest BCUT2D eigenvalue weighted by molar-refractivity contribution is 0.0759. The molecule has 2 aromatic rings. The zero-order chi connectivity index (χ0) is 25.1. The second-order valence-corrected chi connectivity index (χ2v) is 10.9. The standard InChI is InChI=1S/C24H32N4O4S/c1-14(2)19-9-16(12-25)10-20(15(3)4)22(19)27-23(30)28-33(26,32)18-7-8-21(24(5,6)31)17(11-18)13-29/h7-11,14-15,29,31H,13H2,1-6H3,(H3,26,27,28,30,32). The Morgan fingerprint density at radius 2 is 1.73 bits per heavy atom. The van der Waals surface area contributed by atoms with Crippen LogP contribution in [-0.4, -0.2) is 20.5 Å². The molecule has 1 atom stereocenters. The SMILES string of the molecule is CC(C)c1cc(C#N)cc(C(C)C)c1NC(=O)N=S(N)(=O)c1ccc(C(C)(C)O)c(CO)c1. The number of anilines is 1. The van der Waals surface area contributed by atoms with E-state index in [1.54, 1.807) is 26.0 Å². The van der Waals surface area contributed by atoms with Gasteiger partial charge in [-0.3, -0.25) is 0 Å². The van der Waals surface area contributed by atoms with Gasteiger partial charge in [-0.2, -0.15) is 5.26 Å².